The average Bonchev–Trinajstić information content (AvgIpc) is 2.36. The average molecular weight is 359 g/mol. The molecule has 1 aromatic carbocycles. The van der Waals surface area contributed by atoms with Gasteiger partial charge in [-0.3, -0.25) is 4.79 Å². The summed E-state index contributed by atoms with van der Waals surface area (Å²) in [4.78, 5) is 13.5. The lowest BCUT2D eigenvalue weighted by molar-refractivity contribution is -0.117. The van der Waals surface area contributed by atoms with E-state index in [0.717, 1.165) is 4.47 Å². The lowest BCUT2D eigenvalue weighted by atomic mass is 10.1. The van der Waals surface area contributed by atoms with Crippen molar-refractivity contribution in [2.24, 2.45) is 0 Å². The first-order valence-electron chi connectivity index (χ1n) is 6.48. The van der Waals surface area contributed by atoms with Crippen molar-refractivity contribution in [1.29, 1.82) is 0 Å². The van der Waals surface area contributed by atoms with Gasteiger partial charge < -0.3 is 15.3 Å². The summed E-state index contributed by atoms with van der Waals surface area (Å²) in [5.74, 6) is -0.782. The van der Waals surface area contributed by atoms with Crippen LogP contribution in [0, 0.1) is 5.82 Å². The van der Waals surface area contributed by atoms with Crippen LogP contribution in [0.25, 0.3) is 6.08 Å². The zero-order chi connectivity index (χ0) is 16.0. The van der Waals surface area contributed by atoms with E-state index in [1.54, 1.807) is 19.1 Å². The second-order valence-corrected chi connectivity index (χ2v) is 6.37. The van der Waals surface area contributed by atoms with Crippen LogP contribution in [0.5, 0.6) is 0 Å². The van der Waals surface area contributed by atoms with Gasteiger partial charge in [0.05, 0.1) is 5.60 Å². The molecule has 1 rings (SSSR count). The normalized spacial score (nSPS) is 14.4. The third-order valence-corrected chi connectivity index (χ3v) is 3.17. The van der Waals surface area contributed by atoms with E-state index in [1.165, 1.54) is 18.2 Å². The van der Waals surface area contributed by atoms with E-state index < -0.39 is 11.4 Å². The van der Waals surface area contributed by atoms with Crippen molar-refractivity contribution in [3.05, 3.63) is 40.1 Å². The van der Waals surface area contributed by atoms with Gasteiger partial charge in [-0.25, -0.2) is 4.39 Å². The molecule has 0 aliphatic carbocycles. The summed E-state index contributed by atoms with van der Waals surface area (Å²) in [5, 5.41) is 12.6. The Kier molecular flexibility index (Phi) is 6.51. The SMILES string of the molecule is CN(C)CC(C)(O)CNC(=O)/C=C/c1cc(Br)ccc1F. The molecule has 116 valence electrons. The zero-order valence-electron chi connectivity index (χ0n) is 12.4. The molecule has 0 bridgehead atoms. The lowest BCUT2D eigenvalue weighted by Gasteiger charge is -2.26. The molecular formula is C15H20BrFN2O2. The summed E-state index contributed by atoms with van der Waals surface area (Å²) in [6, 6.07) is 4.50. The van der Waals surface area contributed by atoms with Gasteiger partial charge in [0, 0.05) is 29.2 Å². The lowest BCUT2D eigenvalue weighted by Crippen LogP contribution is -2.46. The minimum absolute atomic E-state index is 0.120. The fourth-order valence-corrected chi connectivity index (χ4v) is 2.26. The molecular weight excluding hydrogens is 339 g/mol. The number of hydrogen-bond acceptors (Lipinski definition) is 3. The van der Waals surface area contributed by atoms with Gasteiger partial charge in [0.25, 0.3) is 0 Å². The van der Waals surface area contributed by atoms with Crippen LogP contribution >= 0.6 is 15.9 Å². The standard InChI is InChI=1S/C15H20BrFN2O2/c1-15(21,10-19(2)3)9-18-14(20)7-4-11-8-12(16)5-6-13(11)17/h4-8,21H,9-10H2,1-3H3,(H,18,20)/b7-4+. The number of nitrogens with one attached hydrogen (secondary N) is 1. The van der Waals surface area contributed by atoms with E-state index in [0.29, 0.717) is 12.1 Å². The van der Waals surface area contributed by atoms with E-state index in [2.05, 4.69) is 21.2 Å². The van der Waals surface area contributed by atoms with Crippen molar-refractivity contribution >= 4 is 27.9 Å². The Labute approximate surface area is 132 Å². The highest BCUT2D eigenvalue weighted by Gasteiger charge is 2.21. The van der Waals surface area contributed by atoms with Gasteiger partial charge in [0.2, 0.25) is 5.91 Å². The minimum atomic E-state index is -1.02. The Hall–Kier alpha value is -1.24. The number of halogens is 2. The molecule has 1 aromatic rings. The molecule has 0 aliphatic heterocycles. The van der Waals surface area contributed by atoms with Crippen molar-refractivity contribution in [3.8, 4) is 0 Å². The molecule has 4 nitrogen and oxygen atoms in total. The molecule has 0 fully saturated rings. The fraction of sp³-hybridized carbons (Fsp3) is 0.400. The van der Waals surface area contributed by atoms with Crippen LogP contribution in [0.15, 0.2) is 28.7 Å². The number of hydrogen-bond donors (Lipinski definition) is 2. The van der Waals surface area contributed by atoms with E-state index in [-0.39, 0.29) is 12.5 Å². The van der Waals surface area contributed by atoms with Crippen molar-refractivity contribution in [2.75, 3.05) is 27.2 Å². The predicted octanol–water partition coefficient (Wildman–Crippen LogP) is 2.03. The van der Waals surface area contributed by atoms with Crippen molar-refractivity contribution in [1.82, 2.24) is 10.2 Å². The highest BCUT2D eigenvalue weighted by Crippen LogP contribution is 2.16. The Balaban J connectivity index is 2.57. The molecule has 21 heavy (non-hydrogen) atoms. The van der Waals surface area contributed by atoms with Crippen LogP contribution in [-0.4, -0.2) is 48.7 Å². The van der Waals surface area contributed by atoms with Crippen LogP contribution in [0.1, 0.15) is 12.5 Å². The number of benzene rings is 1. The molecule has 0 spiro atoms. The second kappa shape index (κ2) is 7.68. The summed E-state index contributed by atoms with van der Waals surface area (Å²) in [6.45, 7) is 2.19. The predicted molar refractivity (Wildman–Crippen MR) is 85.3 cm³/mol. The summed E-state index contributed by atoms with van der Waals surface area (Å²) in [7, 11) is 3.68. The fourth-order valence-electron chi connectivity index (χ4n) is 1.88. The van der Waals surface area contributed by atoms with Crippen molar-refractivity contribution in [3.63, 3.8) is 0 Å². The van der Waals surface area contributed by atoms with Gasteiger partial charge in [-0.15, -0.1) is 0 Å². The van der Waals surface area contributed by atoms with Crippen LogP contribution in [0.3, 0.4) is 0 Å². The number of amides is 1. The number of carbonyl (C=O) groups is 1. The molecule has 0 heterocycles. The first-order chi connectivity index (χ1) is 9.69. The van der Waals surface area contributed by atoms with E-state index in [1.807, 2.05) is 19.0 Å². The van der Waals surface area contributed by atoms with Crippen molar-refractivity contribution in [2.45, 2.75) is 12.5 Å². The Bertz CT molecular complexity index is 530. The summed E-state index contributed by atoms with van der Waals surface area (Å²) < 4.78 is 14.2. The Morgan fingerprint density at radius 3 is 2.81 bits per heavy atom. The van der Waals surface area contributed by atoms with E-state index in [9.17, 15) is 14.3 Å². The smallest absolute Gasteiger partial charge is 0.244 e. The molecule has 0 saturated carbocycles. The van der Waals surface area contributed by atoms with E-state index >= 15 is 0 Å². The van der Waals surface area contributed by atoms with Gasteiger partial charge in [-0.05, 0) is 45.3 Å². The number of nitrogens with zero attached hydrogens (tertiary/aromatic N) is 1. The molecule has 0 aliphatic rings. The second-order valence-electron chi connectivity index (χ2n) is 5.45. The highest BCUT2D eigenvalue weighted by molar-refractivity contribution is 9.10. The molecule has 1 atom stereocenters. The number of aliphatic hydroxyl groups is 1. The first-order valence-corrected chi connectivity index (χ1v) is 7.27. The number of rotatable bonds is 6. The van der Waals surface area contributed by atoms with Crippen LogP contribution in [0.2, 0.25) is 0 Å². The minimum Gasteiger partial charge on any atom is -0.387 e. The van der Waals surface area contributed by atoms with E-state index in [4.69, 9.17) is 0 Å². The topological polar surface area (TPSA) is 52.6 Å². The molecule has 1 amide bonds. The van der Waals surface area contributed by atoms with Gasteiger partial charge in [-0.2, -0.15) is 0 Å². The highest BCUT2D eigenvalue weighted by atomic mass is 79.9. The van der Waals surface area contributed by atoms with Crippen LogP contribution < -0.4 is 5.32 Å². The molecule has 2 N–H and O–H groups in total. The zero-order valence-corrected chi connectivity index (χ0v) is 13.9. The van der Waals surface area contributed by atoms with Gasteiger partial charge in [0.1, 0.15) is 5.82 Å². The quantitative estimate of drug-likeness (QED) is 0.765. The first kappa shape index (κ1) is 17.8. The molecule has 0 saturated heterocycles. The van der Waals surface area contributed by atoms with Crippen LogP contribution in [-0.2, 0) is 4.79 Å². The summed E-state index contributed by atoms with van der Waals surface area (Å²) in [5.41, 5.74) is -0.701. The van der Waals surface area contributed by atoms with Gasteiger partial charge in [0.15, 0.2) is 0 Å². The maximum atomic E-state index is 13.5. The van der Waals surface area contributed by atoms with Gasteiger partial charge >= 0.3 is 0 Å². The Morgan fingerprint density at radius 1 is 1.52 bits per heavy atom. The number of likely N-dealkylation sites (N-methyl/N-ethyl adjacent to an activating group) is 1. The Morgan fingerprint density at radius 2 is 2.19 bits per heavy atom. The number of carbonyl (C=O) groups excluding carboxylic acids is 1. The summed E-state index contributed by atoms with van der Waals surface area (Å²) in [6.07, 6.45) is 2.65. The monoisotopic (exact) mass is 358 g/mol. The van der Waals surface area contributed by atoms with Crippen LogP contribution in [0.4, 0.5) is 4.39 Å². The van der Waals surface area contributed by atoms with Crippen molar-refractivity contribution < 1.29 is 14.3 Å². The maximum absolute atomic E-state index is 13.5. The summed E-state index contributed by atoms with van der Waals surface area (Å²) >= 11 is 3.24. The third-order valence-electron chi connectivity index (χ3n) is 2.67. The van der Waals surface area contributed by atoms with Gasteiger partial charge in [-0.1, -0.05) is 15.9 Å². The third kappa shape index (κ3) is 6.84. The molecule has 6 heteroatoms. The molecule has 0 radical (unpaired) electrons. The largest absolute Gasteiger partial charge is 0.387 e. The molecule has 1 unspecified atom stereocenters. The maximum Gasteiger partial charge on any atom is 0.244 e. The molecule has 0 aromatic heterocycles.